The maximum atomic E-state index is 11.8. The Morgan fingerprint density at radius 1 is 1.30 bits per heavy atom. The van der Waals surface area contributed by atoms with Crippen LogP contribution in [0.1, 0.15) is 40.5 Å². The third kappa shape index (κ3) is 7.17. The summed E-state index contributed by atoms with van der Waals surface area (Å²) in [5.41, 5.74) is 6.57. The van der Waals surface area contributed by atoms with Crippen molar-refractivity contribution in [2.75, 3.05) is 5.32 Å². The molecule has 0 aromatic heterocycles. The van der Waals surface area contributed by atoms with E-state index in [0.717, 1.165) is 12.1 Å². The number of benzene rings is 1. The summed E-state index contributed by atoms with van der Waals surface area (Å²) in [5, 5.41) is 2.84. The molecule has 0 aliphatic rings. The molecule has 0 radical (unpaired) electrons. The molecule has 3 nitrogen and oxygen atoms in total. The van der Waals surface area contributed by atoms with Gasteiger partial charge in [0.15, 0.2) is 0 Å². The van der Waals surface area contributed by atoms with E-state index in [1.54, 1.807) is 11.8 Å². The monoisotopic (exact) mass is 316 g/mol. The highest BCUT2D eigenvalue weighted by molar-refractivity contribution is 8.00. The molecule has 1 rings (SSSR count). The van der Waals surface area contributed by atoms with Crippen LogP contribution in [-0.4, -0.2) is 16.7 Å². The lowest BCUT2D eigenvalue weighted by atomic mass is 10.1. The van der Waals surface area contributed by atoms with E-state index in [2.05, 4.69) is 26.1 Å². The van der Waals surface area contributed by atoms with Gasteiger partial charge in [-0.2, -0.15) is 0 Å². The van der Waals surface area contributed by atoms with Gasteiger partial charge in [-0.3, -0.25) is 4.79 Å². The van der Waals surface area contributed by atoms with Gasteiger partial charge in [-0.1, -0.05) is 34.1 Å². The van der Waals surface area contributed by atoms with Crippen LogP contribution in [0.3, 0.4) is 0 Å². The fraction of sp³-hybridized carbons (Fsp3) is 0.533. The standard InChI is InChI=1S/C15H24N2OS.ClH/c1-5-6-13(16)14(18)17-11-7-9-12(10-8-11)19-15(2,3)4;/h7-10,13H,5-6,16H2,1-4H3,(H,17,18);1H. The van der Waals surface area contributed by atoms with E-state index in [1.807, 2.05) is 31.2 Å². The van der Waals surface area contributed by atoms with Crippen LogP contribution in [0.15, 0.2) is 29.2 Å². The van der Waals surface area contributed by atoms with E-state index in [1.165, 1.54) is 4.90 Å². The Kier molecular flexibility index (Phi) is 8.25. The Morgan fingerprint density at radius 3 is 2.30 bits per heavy atom. The van der Waals surface area contributed by atoms with E-state index in [0.29, 0.717) is 6.42 Å². The smallest absolute Gasteiger partial charge is 0.241 e. The molecule has 0 aliphatic heterocycles. The van der Waals surface area contributed by atoms with Gasteiger partial charge in [0.25, 0.3) is 0 Å². The Labute approximate surface area is 132 Å². The molecule has 0 saturated carbocycles. The normalized spacial score (nSPS) is 12.4. The van der Waals surface area contributed by atoms with Gasteiger partial charge in [-0.15, -0.1) is 24.2 Å². The van der Waals surface area contributed by atoms with Crippen molar-refractivity contribution >= 4 is 35.8 Å². The van der Waals surface area contributed by atoms with Crippen LogP contribution in [0, 0.1) is 0 Å². The minimum absolute atomic E-state index is 0. The summed E-state index contributed by atoms with van der Waals surface area (Å²) in [4.78, 5) is 13.0. The number of amides is 1. The van der Waals surface area contributed by atoms with E-state index < -0.39 is 6.04 Å². The van der Waals surface area contributed by atoms with Crippen molar-refractivity contribution < 1.29 is 4.79 Å². The number of carbonyl (C=O) groups excluding carboxylic acids is 1. The second kappa shape index (κ2) is 8.55. The number of anilines is 1. The molecule has 0 spiro atoms. The molecular formula is C15H25ClN2OS. The fourth-order valence-electron chi connectivity index (χ4n) is 1.64. The maximum absolute atomic E-state index is 11.8. The zero-order valence-electron chi connectivity index (χ0n) is 12.6. The molecule has 1 aromatic carbocycles. The highest BCUT2D eigenvalue weighted by atomic mass is 35.5. The average molecular weight is 317 g/mol. The first-order chi connectivity index (χ1) is 8.81. The number of hydrogen-bond acceptors (Lipinski definition) is 3. The molecule has 1 atom stereocenters. The molecule has 0 saturated heterocycles. The van der Waals surface area contributed by atoms with Gasteiger partial charge in [0.05, 0.1) is 6.04 Å². The quantitative estimate of drug-likeness (QED) is 0.805. The van der Waals surface area contributed by atoms with Crippen LogP contribution in [-0.2, 0) is 4.79 Å². The minimum atomic E-state index is -0.423. The molecule has 0 heterocycles. The molecule has 1 aromatic rings. The third-order valence-electron chi connectivity index (χ3n) is 2.48. The van der Waals surface area contributed by atoms with Crippen LogP contribution >= 0.6 is 24.2 Å². The molecular weight excluding hydrogens is 292 g/mol. The Morgan fingerprint density at radius 2 is 1.85 bits per heavy atom. The molecule has 0 bridgehead atoms. The summed E-state index contributed by atoms with van der Waals surface area (Å²) in [6, 6.07) is 7.47. The van der Waals surface area contributed by atoms with Crippen LogP contribution in [0.4, 0.5) is 5.69 Å². The van der Waals surface area contributed by atoms with Crippen LogP contribution in [0.2, 0.25) is 0 Å². The molecule has 0 fully saturated rings. The summed E-state index contributed by atoms with van der Waals surface area (Å²) >= 11 is 1.81. The number of hydrogen-bond donors (Lipinski definition) is 2. The van der Waals surface area contributed by atoms with E-state index in [-0.39, 0.29) is 23.1 Å². The zero-order valence-corrected chi connectivity index (χ0v) is 14.2. The van der Waals surface area contributed by atoms with Gasteiger partial charge >= 0.3 is 0 Å². The predicted octanol–water partition coefficient (Wildman–Crippen LogP) is 4.06. The first kappa shape index (κ1) is 19.3. The van der Waals surface area contributed by atoms with Crippen LogP contribution in [0.5, 0.6) is 0 Å². The first-order valence-corrected chi connectivity index (χ1v) is 7.49. The number of carbonyl (C=O) groups is 1. The Hall–Kier alpha value is -0.710. The number of halogens is 1. The predicted molar refractivity (Wildman–Crippen MR) is 90.8 cm³/mol. The summed E-state index contributed by atoms with van der Waals surface area (Å²) in [7, 11) is 0. The lowest BCUT2D eigenvalue weighted by molar-refractivity contribution is -0.117. The van der Waals surface area contributed by atoms with Crippen molar-refractivity contribution in [2.24, 2.45) is 5.73 Å². The molecule has 5 heteroatoms. The SMILES string of the molecule is CCCC(N)C(=O)Nc1ccc(SC(C)(C)C)cc1.Cl. The van der Waals surface area contributed by atoms with Crippen molar-refractivity contribution in [1.29, 1.82) is 0 Å². The summed E-state index contributed by atoms with van der Waals surface area (Å²) in [5.74, 6) is -0.113. The largest absolute Gasteiger partial charge is 0.325 e. The molecule has 3 N–H and O–H groups in total. The lowest BCUT2D eigenvalue weighted by Gasteiger charge is -2.17. The zero-order chi connectivity index (χ0) is 14.5. The van der Waals surface area contributed by atoms with Crippen LogP contribution < -0.4 is 11.1 Å². The number of nitrogens with two attached hydrogens (primary N) is 1. The molecule has 20 heavy (non-hydrogen) atoms. The van der Waals surface area contributed by atoms with Crippen molar-refractivity contribution in [2.45, 2.75) is 56.2 Å². The highest BCUT2D eigenvalue weighted by Crippen LogP contribution is 2.32. The summed E-state index contributed by atoms with van der Waals surface area (Å²) < 4.78 is 0.189. The molecule has 1 unspecified atom stereocenters. The van der Waals surface area contributed by atoms with Gasteiger partial charge in [0.2, 0.25) is 5.91 Å². The first-order valence-electron chi connectivity index (χ1n) is 6.67. The lowest BCUT2D eigenvalue weighted by Crippen LogP contribution is -2.35. The topological polar surface area (TPSA) is 55.1 Å². The van der Waals surface area contributed by atoms with Crippen molar-refractivity contribution in [3.8, 4) is 0 Å². The molecule has 114 valence electrons. The van der Waals surface area contributed by atoms with Gasteiger partial charge in [0.1, 0.15) is 0 Å². The number of nitrogens with one attached hydrogen (secondary N) is 1. The Bertz CT molecular complexity index is 415. The second-order valence-electron chi connectivity index (χ2n) is 5.62. The summed E-state index contributed by atoms with van der Waals surface area (Å²) in [6.45, 7) is 8.55. The van der Waals surface area contributed by atoms with E-state index >= 15 is 0 Å². The van der Waals surface area contributed by atoms with E-state index in [4.69, 9.17) is 5.73 Å². The third-order valence-corrected chi connectivity index (χ3v) is 3.60. The van der Waals surface area contributed by atoms with E-state index in [9.17, 15) is 4.79 Å². The van der Waals surface area contributed by atoms with Crippen molar-refractivity contribution in [3.05, 3.63) is 24.3 Å². The van der Waals surface area contributed by atoms with Crippen molar-refractivity contribution in [1.82, 2.24) is 0 Å². The number of rotatable bonds is 5. The van der Waals surface area contributed by atoms with Crippen molar-refractivity contribution in [3.63, 3.8) is 0 Å². The van der Waals surface area contributed by atoms with Gasteiger partial charge in [0, 0.05) is 15.3 Å². The fourth-order valence-corrected chi connectivity index (χ4v) is 2.62. The number of thioether (sulfide) groups is 1. The minimum Gasteiger partial charge on any atom is -0.325 e. The van der Waals surface area contributed by atoms with Gasteiger partial charge < -0.3 is 11.1 Å². The second-order valence-corrected chi connectivity index (χ2v) is 7.52. The maximum Gasteiger partial charge on any atom is 0.241 e. The van der Waals surface area contributed by atoms with Gasteiger partial charge in [-0.25, -0.2) is 0 Å². The molecule has 0 aliphatic carbocycles. The highest BCUT2D eigenvalue weighted by Gasteiger charge is 2.13. The molecule has 1 amide bonds. The summed E-state index contributed by atoms with van der Waals surface area (Å²) in [6.07, 6.45) is 1.62. The van der Waals surface area contributed by atoms with Crippen LogP contribution in [0.25, 0.3) is 0 Å². The van der Waals surface area contributed by atoms with Gasteiger partial charge in [-0.05, 0) is 30.7 Å². The average Bonchev–Trinajstić information content (AvgIpc) is 2.30. The Balaban J connectivity index is 0.00000361.